The lowest BCUT2D eigenvalue weighted by Gasteiger charge is -2.10. The third-order valence-electron chi connectivity index (χ3n) is 3.98. The second-order valence-corrected chi connectivity index (χ2v) is 7.02. The van der Waals surface area contributed by atoms with Gasteiger partial charge in [-0.1, -0.05) is 28.1 Å². The first kappa shape index (κ1) is 24.8. The summed E-state index contributed by atoms with van der Waals surface area (Å²) in [5.74, 6) is 1.61. The van der Waals surface area contributed by atoms with E-state index in [4.69, 9.17) is 33.5 Å². The SMILES string of the molecule is OCCOCCOCCOc1ccc2cc(OCCOCCOCCBr)ccc2c1. The van der Waals surface area contributed by atoms with Gasteiger partial charge in [0.2, 0.25) is 0 Å². The van der Waals surface area contributed by atoms with E-state index in [0.717, 1.165) is 27.6 Å². The number of hydrogen-bond acceptors (Lipinski definition) is 7. The van der Waals surface area contributed by atoms with Crippen molar-refractivity contribution < 1.29 is 33.5 Å². The molecule has 0 heterocycles. The molecule has 8 heteroatoms. The van der Waals surface area contributed by atoms with E-state index in [1.54, 1.807) is 0 Å². The third-order valence-corrected chi connectivity index (χ3v) is 4.30. The number of aliphatic hydroxyl groups is 1. The Morgan fingerprint density at radius 3 is 1.47 bits per heavy atom. The Bertz CT molecular complexity index is 639. The van der Waals surface area contributed by atoms with Crippen LogP contribution in [-0.4, -0.2) is 83.1 Å². The number of halogens is 1. The van der Waals surface area contributed by atoms with E-state index in [2.05, 4.69) is 15.9 Å². The van der Waals surface area contributed by atoms with Crippen molar-refractivity contribution in [3.8, 4) is 11.5 Å². The van der Waals surface area contributed by atoms with Crippen LogP contribution in [0.5, 0.6) is 11.5 Å². The van der Waals surface area contributed by atoms with Gasteiger partial charge in [0.15, 0.2) is 0 Å². The lowest BCUT2D eigenvalue weighted by molar-refractivity contribution is 0.0247. The molecule has 0 atom stereocenters. The zero-order valence-corrected chi connectivity index (χ0v) is 18.8. The van der Waals surface area contributed by atoms with E-state index in [9.17, 15) is 0 Å². The Hall–Kier alpha value is -1.42. The summed E-state index contributed by atoms with van der Waals surface area (Å²) in [6.45, 7) is 5.15. The predicted molar refractivity (Wildman–Crippen MR) is 119 cm³/mol. The molecule has 0 spiro atoms. The molecule has 0 aromatic heterocycles. The third kappa shape index (κ3) is 10.6. The fourth-order valence-electron chi connectivity index (χ4n) is 2.58. The molecular weight excluding hydrogens is 456 g/mol. The highest BCUT2D eigenvalue weighted by Crippen LogP contribution is 2.25. The summed E-state index contributed by atoms with van der Waals surface area (Å²) in [5, 5.41) is 11.6. The van der Waals surface area contributed by atoms with Crippen LogP contribution in [0, 0.1) is 0 Å². The molecular formula is C22H31BrO7. The van der Waals surface area contributed by atoms with E-state index in [-0.39, 0.29) is 6.61 Å². The minimum absolute atomic E-state index is 0.0287. The molecule has 0 unspecified atom stereocenters. The fraction of sp³-hybridized carbons (Fsp3) is 0.545. The normalized spacial score (nSPS) is 11.1. The maximum absolute atomic E-state index is 8.61. The van der Waals surface area contributed by atoms with Gasteiger partial charge in [0, 0.05) is 5.33 Å². The van der Waals surface area contributed by atoms with E-state index in [1.807, 2.05) is 36.4 Å². The van der Waals surface area contributed by atoms with Crippen LogP contribution in [0.4, 0.5) is 0 Å². The van der Waals surface area contributed by atoms with Gasteiger partial charge in [-0.15, -0.1) is 0 Å². The van der Waals surface area contributed by atoms with E-state index in [0.29, 0.717) is 66.1 Å². The monoisotopic (exact) mass is 486 g/mol. The molecule has 0 aliphatic carbocycles. The number of fused-ring (bicyclic) bond motifs is 1. The molecule has 168 valence electrons. The lowest BCUT2D eigenvalue weighted by Crippen LogP contribution is -2.12. The molecule has 2 aromatic rings. The number of alkyl halides is 1. The Morgan fingerprint density at radius 2 is 1.00 bits per heavy atom. The first-order valence-corrected chi connectivity index (χ1v) is 11.2. The quantitative estimate of drug-likeness (QED) is 0.256. The fourth-order valence-corrected chi connectivity index (χ4v) is 2.81. The Kier molecular flexibility index (Phi) is 13.5. The average molecular weight is 487 g/mol. The van der Waals surface area contributed by atoms with Crippen molar-refractivity contribution in [3.63, 3.8) is 0 Å². The average Bonchev–Trinajstić information content (AvgIpc) is 2.77. The second kappa shape index (κ2) is 16.3. The van der Waals surface area contributed by atoms with Crippen molar-refractivity contribution in [3.05, 3.63) is 36.4 Å². The summed E-state index contributed by atoms with van der Waals surface area (Å²) in [6, 6.07) is 11.9. The van der Waals surface area contributed by atoms with E-state index >= 15 is 0 Å². The highest BCUT2D eigenvalue weighted by atomic mass is 79.9. The Morgan fingerprint density at radius 1 is 0.567 bits per heavy atom. The topological polar surface area (TPSA) is 75.6 Å². The Balaban J connectivity index is 1.64. The molecule has 0 aliphatic heterocycles. The first-order valence-electron chi connectivity index (χ1n) is 10.1. The van der Waals surface area contributed by atoms with Crippen molar-refractivity contribution >= 4 is 26.7 Å². The van der Waals surface area contributed by atoms with Crippen LogP contribution in [0.1, 0.15) is 0 Å². The molecule has 2 rings (SSSR count). The van der Waals surface area contributed by atoms with Crippen molar-refractivity contribution in [2.75, 3.05) is 78.0 Å². The van der Waals surface area contributed by atoms with Gasteiger partial charge in [-0.3, -0.25) is 0 Å². The number of hydrogen-bond donors (Lipinski definition) is 1. The van der Waals surface area contributed by atoms with Crippen LogP contribution in [0.3, 0.4) is 0 Å². The zero-order chi connectivity index (χ0) is 21.3. The van der Waals surface area contributed by atoms with E-state index < -0.39 is 0 Å². The summed E-state index contributed by atoms with van der Waals surface area (Å²) < 4.78 is 32.8. The molecule has 30 heavy (non-hydrogen) atoms. The standard InChI is InChI=1S/C22H31BrO7/c23-5-7-25-9-11-27-13-15-29-21-3-1-20-18-22(4-2-19(20)17-21)30-16-14-28-12-10-26-8-6-24/h1-4,17-18,24H,5-16H2. The first-order chi connectivity index (χ1) is 14.8. The summed E-state index contributed by atoms with van der Waals surface area (Å²) in [7, 11) is 0. The molecule has 0 amide bonds. The van der Waals surface area contributed by atoms with Crippen LogP contribution in [0.15, 0.2) is 36.4 Å². The predicted octanol–water partition coefficient (Wildman–Crippen LogP) is 3.05. The number of rotatable bonds is 18. The summed E-state index contributed by atoms with van der Waals surface area (Å²) in [5.41, 5.74) is 0. The molecule has 2 aromatic carbocycles. The molecule has 0 bridgehead atoms. The Labute approximate surface area is 186 Å². The van der Waals surface area contributed by atoms with Crippen LogP contribution in [0.25, 0.3) is 10.8 Å². The molecule has 0 aliphatic rings. The summed E-state index contributed by atoms with van der Waals surface area (Å²) in [6.07, 6.45) is 0. The van der Waals surface area contributed by atoms with Gasteiger partial charge in [-0.25, -0.2) is 0 Å². The van der Waals surface area contributed by atoms with Gasteiger partial charge in [-0.2, -0.15) is 0 Å². The highest BCUT2D eigenvalue weighted by Gasteiger charge is 2.01. The molecule has 0 saturated carbocycles. The van der Waals surface area contributed by atoms with Crippen LogP contribution in [0.2, 0.25) is 0 Å². The summed E-state index contributed by atoms with van der Waals surface area (Å²) >= 11 is 3.31. The largest absolute Gasteiger partial charge is 0.491 e. The summed E-state index contributed by atoms with van der Waals surface area (Å²) in [4.78, 5) is 0. The maximum atomic E-state index is 8.61. The second-order valence-electron chi connectivity index (χ2n) is 6.23. The molecule has 0 fully saturated rings. The van der Waals surface area contributed by atoms with Crippen LogP contribution < -0.4 is 9.47 Å². The zero-order valence-electron chi connectivity index (χ0n) is 17.2. The van der Waals surface area contributed by atoms with Crippen LogP contribution >= 0.6 is 15.9 Å². The minimum atomic E-state index is 0.0287. The smallest absolute Gasteiger partial charge is 0.120 e. The minimum Gasteiger partial charge on any atom is -0.491 e. The lowest BCUT2D eigenvalue weighted by atomic mass is 10.1. The van der Waals surface area contributed by atoms with Gasteiger partial charge in [0.05, 0.1) is 59.5 Å². The molecule has 1 N–H and O–H groups in total. The van der Waals surface area contributed by atoms with E-state index in [1.165, 1.54) is 0 Å². The van der Waals surface area contributed by atoms with Crippen molar-refractivity contribution in [2.24, 2.45) is 0 Å². The van der Waals surface area contributed by atoms with Crippen LogP contribution in [-0.2, 0) is 18.9 Å². The number of benzene rings is 2. The van der Waals surface area contributed by atoms with Gasteiger partial charge in [0.1, 0.15) is 24.7 Å². The number of aliphatic hydroxyl groups excluding tert-OH is 1. The van der Waals surface area contributed by atoms with Gasteiger partial charge < -0.3 is 33.5 Å². The van der Waals surface area contributed by atoms with Crippen molar-refractivity contribution in [1.29, 1.82) is 0 Å². The molecule has 7 nitrogen and oxygen atoms in total. The van der Waals surface area contributed by atoms with Crippen molar-refractivity contribution in [2.45, 2.75) is 0 Å². The highest BCUT2D eigenvalue weighted by molar-refractivity contribution is 9.09. The molecule has 0 saturated heterocycles. The van der Waals surface area contributed by atoms with Crippen molar-refractivity contribution in [1.82, 2.24) is 0 Å². The van der Waals surface area contributed by atoms with Gasteiger partial charge in [-0.05, 0) is 35.0 Å². The van der Waals surface area contributed by atoms with Gasteiger partial charge >= 0.3 is 0 Å². The maximum Gasteiger partial charge on any atom is 0.120 e. The number of ether oxygens (including phenoxy) is 6. The molecule has 0 radical (unpaired) electrons. The van der Waals surface area contributed by atoms with Gasteiger partial charge in [0.25, 0.3) is 0 Å².